The lowest BCUT2D eigenvalue weighted by molar-refractivity contribution is 0.426. The van der Waals surface area contributed by atoms with Crippen LogP contribution in [0.1, 0.15) is 4.11 Å². The van der Waals surface area contributed by atoms with Crippen LogP contribution in [-0.4, -0.2) is 26.9 Å². The van der Waals surface area contributed by atoms with Crippen molar-refractivity contribution in [2.24, 2.45) is 6.98 Å². The van der Waals surface area contributed by atoms with Crippen molar-refractivity contribution < 1.29 is 14.2 Å². The van der Waals surface area contributed by atoms with Gasteiger partial charge in [-0.15, -0.1) is 0 Å². The number of hydrogen-bond acceptors (Lipinski definition) is 3. The van der Waals surface area contributed by atoms with Gasteiger partial charge in [-0.2, -0.15) is 5.10 Å². The number of aromatic nitrogens is 2. The van der Waals surface area contributed by atoms with E-state index in [2.05, 4.69) is 5.10 Å². The zero-order valence-electron chi connectivity index (χ0n) is 9.68. The molecule has 0 aliphatic carbocycles. The van der Waals surface area contributed by atoms with Gasteiger partial charge in [0.05, 0.1) is 11.7 Å². The molecule has 0 amide bonds. The van der Waals surface area contributed by atoms with Crippen LogP contribution in [0.25, 0.3) is 10.9 Å². The second-order valence-electron chi connectivity index (χ2n) is 2.75. The number of benzene rings is 1. The average molecular weight is 179 g/mol. The number of fused-ring (bicyclic) bond motifs is 1. The second-order valence-corrected chi connectivity index (χ2v) is 2.75. The van der Waals surface area contributed by atoms with E-state index in [-0.39, 0.29) is 5.46 Å². The minimum atomic E-state index is -2.37. The Morgan fingerprint density at radius 2 is 2.38 bits per heavy atom. The Bertz CT molecular complexity index is 523. The van der Waals surface area contributed by atoms with E-state index >= 15 is 0 Å². The SMILES string of the molecule is [2H]C([2H])([2H])n1ncc2ccc(B(O)O)cc21. The summed E-state index contributed by atoms with van der Waals surface area (Å²) < 4.78 is 22.7. The molecule has 4 nitrogen and oxygen atoms in total. The molecule has 66 valence electrons. The average Bonchev–Trinajstić information content (AvgIpc) is 2.58. The highest BCUT2D eigenvalue weighted by molar-refractivity contribution is 6.58. The van der Waals surface area contributed by atoms with E-state index in [4.69, 9.17) is 14.2 Å². The Morgan fingerprint density at radius 3 is 3.08 bits per heavy atom. The van der Waals surface area contributed by atoms with Gasteiger partial charge in [-0.1, -0.05) is 12.1 Å². The zero-order valence-corrected chi connectivity index (χ0v) is 6.68. The van der Waals surface area contributed by atoms with E-state index in [1.807, 2.05) is 0 Å². The number of aryl methyl sites for hydroxylation is 1. The Kier molecular flexibility index (Phi) is 1.19. The fraction of sp³-hybridized carbons (Fsp3) is 0.125. The molecule has 1 aromatic carbocycles. The van der Waals surface area contributed by atoms with E-state index in [0.717, 1.165) is 4.68 Å². The molecular formula is C8H9BN2O2. The van der Waals surface area contributed by atoms with Crippen molar-refractivity contribution in [1.29, 1.82) is 0 Å². The van der Waals surface area contributed by atoms with Crippen LogP contribution in [-0.2, 0) is 6.98 Å². The van der Waals surface area contributed by atoms with E-state index in [9.17, 15) is 0 Å². The molecule has 1 heterocycles. The molecule has 0 radical (unpaired) electrons. The van der Waals surface area contributed by atoms with Gasteiger partial charge >= 0.3 is 7.12 Å². The smallest absolute Gasteiger partial charge is 0.423 e. The van der Waals surface area contributed by atoms with Gasteiger partial charge in [-0.05, 0) is 11.5 Å². The first kappa shape index (κ1) is 5.41. The van der Waals surface area contributed by atoms with Gasteiger partial charge in [-0.3, -0.25) is 4.68 Å². The topological polar surface area (TPSA) is 58.3 Å². The quantitative estimate of drug-likeness (QED) is 0.566. The van der Waals surface area contributed by atoms with Gasteiger partial charge in [0, 0.05) is 16.5 Å². The molecule has 0 atom stereocenters. The Morgan fingerprint density at radius 1 is 1.54 bits per heavy atom. The monoisotopic (exact) mass is 179 g/mol. The van der Waals surface area contributed by atoms with Crippen LogP contribution in [0.4, 0.5) is 0 Å². The standard InChI is InChI=1S/C8H9BN2O2/c1-11-8-4-7(9(12)13)3-2-6(8)5-10-11/h2-5,12-13H,1H3/i1D3. The summed E-state index contributed by atoms with van der Waals surface area (Å²) in [4.78, 5) is 0. The van der Waals surface area contributed by atoms with Crippen LogP contribution in [0.5, 0.6) is 0 Å². The molecule has 2 N–H and O–H groups in total. The van der Waals surface area contributed by atoms with E-state index in [0.29, 0.717) is 10.9 Å². The summed E-state index contributed by atoms with van der Waals surface area (Å²) in [5.41, 5.74) is 0.587. The van der Waals surface area contributed by atoms with Crippen molar-refractivity contribution in [3.05, 3.63) is 24.4 Å². The summed E-state index contributed by atoms with van der Waals surface area (Å²) in [7, 11) is -1.62. The lowest BCUT2D eigenvalue weighted by atomic mass is 9.80. The Balaban J connectivity index is 2.65. The minimum absolute atomic E-state index is 0.235. The first-order chi connectivity index (χ1) is 7.39. The van der Waals surface area contributed by atoms with E-state index in [1.165, 1.54) is 18.3 Å². The normalized spacial score (nSPS) is 15.1. The fourth-order valence-electron chi connectivity index (χ4n) is 1.20. The minimum Gasteiger partial charge on any atom is -0.423 e. The van der Waals surface area contributed by atoms with Crippen molar-refractivity contribution in [3.8, 4) is 0 Å². The highest BCUT2D eigenvalue weighted by atomic mass is 16.4. The number of hydrogen-bond donors (Lipinski definition) is 2. The summed E-state index contributed by atoms with van der Waals surface area (Å²) in [5, 5.41) is 22.4. The van der Waals surface area contributed by atoms with Gasteiger partial charge in [0.2, 0.25) is 0 Å². The largest absolute Gasteiger partial charge is 0.488 e. The molecule has 13 heavy (non-hydrogen) atoms. The zero-order chi connectivity index (χ0) is 11.9. The maximum atomic E-state index is 9.00. The van der Waals surface area contributed by atoms with Crippen molar-refractivity contribution in [2.45, 2.75) is 0 Å². The fourth-order valence-corrected chi connectivity index (χ4v) is 1.20. The maximum absolute atomic E-state index is 9.00. The second kappa shape index (κ2) is 2.87. The summed E-state index contributed by atoms with van der Waals surface area (Å²) in [5.74, 6) is 0. The van der Waals surface area contributed by atoms with Gasteiger partial charge in [0.25, 0.3) is 0 Å². The van der Waals surface area contributed by atoms with Gasteiger partial charge < -0.3 is 10.0 Å². The summed E-state index contributed by atoms with van der Waals surface area (Å²) >= 11 is 0. The Hall–Kier alpha value is -1.33. The van der Waals surface area contributed by atoms with Gasteiger partial charge in [0.1, 0.15) is 0 Å². The molecular weight excluding hydrogens is 167 g/mol. The molecule has 0 aliphatic rings. The molecule has 2 aromatic rings. The summed E-state index contributed by atoms with van der Waals surface area (Å²) in [6.07, 6.45) is 1.43. The van der Waals surface area contributed by atoms with Crippen molar-refractivity contribution in [2.75, 3.05) is 0 Å². The van der Waals surface area contributed by atoms with Crippen molar-refractivity contribution >= 4 is 23.5 Å². The first-order valence-electron chi connectivity index (χ1n) is 5.24. The molecule has 1 aromatic heterocycles. The third-order valence-corrected chi connectivity index (χ3v) is 1.89. The van der Waals surface area contributed by atoms with Crippen LogP contribution >= 0.6 is 0 Å². The van der Waals surface area contributed by atoms with Gasteiger partial charge in [0.15, 0.2) is 0 Å². The molecule has 5 heteroatoms. The number of nitrogens with zero attached hydrogens (tertiary/aromatic N) is 2. The first-order valence-corrected chi connectivity index (χ1v) is 3.74. The summed E-state index contributed by atoms with van der Waals surface area (Å²) in [6.45, 7) is -2.37. The molecule has 0 unspecified atom stereocenters. The molecule has 0 spiro atoms. The highest BCUT2D eigenvalue weighted by Gasteiger charge is 2.11. The third kappa shape index (κ3) is 1.32. The summed E-state index contributed by atoms with van der Waals surface area (Å²) in [6, 6.07) is 4.51. The van der Waals surface area contributed by atoms with Crippen LogP contribution in [0.3, 0.4) is 0 Å². The van der Waals surface area contributed by atoms with Crippen LogP contribution < -0.4 is 5.46 Å². The molecule has 0 saturated carbocycles. The predicted molar refractivity (Wildman–Crippen MR) is 50.5 cm³/mol. The lowest BCUT2D eigenvalue weighted by Gasteiger charge is -1.99. The van der Waals surface area contributed by atoms with Crippen molar-refractivity contribution in [3.63, 3.8) is 0 Å². The van der Waals surface area contributed by atoms with E-state index in [1.54, 1.807) is 6.07 Å². The molecule has 0 fully saturated rings. The third-order valence-electron chi connectivity index (χ3n) is 1.89. The maximum Gasteiger partial charge on any atom is 0.488 e. The molecule has 0 aliphatic heterocycles. The highest BCUT2D eigenvalue weighted by Crippen LogP contribution is 2.09. The van der Waals surface area contributed by atoms with Crippen LogP contribution in [0, 0.1) is 0 Å². The predicted octanol–water partition coefficient (Wildman–Crippen LogP) is -0.747. The van der Waals surface area contributed by atoms with Gasteiger partial charge in [-0.25, -0.2) is 0 Å². The lowest BCUT2D eigenvalue weighted by Crippen LogP contribution is -2.29. The van der Waals surface area contributed by atoms with E-state index < -0.39 is 14.1 Å². The molecule has 0 bridgehead atoms. The van der Waals surface area contributed by atoms with Crippen molar-refractivity contribution in [1.82, 2.24) is 9.78 Å². The van der Waals surface area contributed by atoms with Crippen LogP contribution in [0.2, 0.25) is 0 Å². The molecule has 0 saturated heterocycles. The van der Waals surface area contributed by atoms with Crippen LogP contribution in [0.15, 0.2) is 24.4 Å². The number of rotatable bonds is 1. The Labute approximate surface area is 79.8 Å². The molecule has 2 rings (SSSR count).